The van der Waals surface area contributed by atoms with Crippen LogP contribution in [0, 0.1) is 12.8 Å². The predicted molar refractivity (Wildman–Crippen MR) is 131 cm³/mol. The van der Waals surface area contributed by atoms with Crippen LogP contribution < -0.4 is 5.32 Å². The second-order valence-corrected chi connectivity index (χ2v) is 10.8. The molecule has 1 N–H and O–H groups in total. The Labute approximate surface area is 200 Å². The average Bonchev–Trinajstić information content (AvgIpc) is 2.84. The molecule has 33 heavy (non-hydrogen) atoms. The van der Waals surface area contributed by atoms with Gasteiger partial charge in [-0.25, -0.2) is 8.42 Å². The number of halogens is 1. The van der Waals surface area contributed by atoms with Gasteiger partial charge < -0.3 is 5.32 Å². The van der Waals surface area contributed by atoms with Crippen molar-refractivity contribution in [3.63, 3.8) is 0 Å². The highest BCUT2D eigenvalue weighted by Crippen LogP contribution is 2.27. The van der Waals surface area contributed by atoms with Crippen LogP contribution in [0.25, 0.3) is 0 Å². The average molecular weight is 483 g/mol. The molecule has 1 heterocycles. The Morgan fingerprint density at radius 2 is 1.61 bits per heavy atom. The van der Waals surface area contributed by atoms with E-state index in [1.54, 1.807) is 12.1 Å². The number of rotatable bonds is 6. The molecule has 1 amide bonds. The molecule has 3 aromatic rings. The van der Waals surface area contributed by atoms with Crippen molar-refractivity contribution in [2.45, 2.75) is 30.7 Å². The van der Waals surface area contributed by atoms with E-state index in [0.29, 0.717) is 24.4 Å². The zero-order chi connectivity index (χ0) is 23.4. The number of carbonyl (C=O) groups excluding carboxylic acids is 1. The Morgan fingerprint density at radius 1 is 0.970 bits per heavy atom. The molecule has 0 saturated carbocycles. The molecule has 0 aromatic heterocycles. The monoisotopic (exact) mass is 482 g/mol. The van der Waals surface area contributed by atoms with Gasteiger partial charge in [-0.3, -0.25) is 4.79 Å². The summed E-state index contributed by atoms with van der Waals surface area (Å²) in [5, 5.41) is 3.66. The molecule has 1 saturated heterocycles. The van der Waals surface area contributed by atoms with Crippen molar-refractivity contribution in [2.75, 3.05) is 13.1 Å². The lowest BCUT2D eigenvalue weighted by atomic mass is 9.94. The van der Waals surface area contributed by atoms with Crippen molar-refractivity contribution < 1.29 is 13.2 Å². The first-order valence-corrected chi connectivity index (χ1v) is 12.8. The molecule has 2 unspecified atom stereocenters. The van der Waals surface area contributed by atoms with Crippen molar-refractivity contribution in [1.82, 2.24) is 9.62 Å². The summed E-state index contributed by atoms with van der Waals surface area (Å²) in [5.74, 6) is -0.557. The van der Waals surface area contributed by atoms with E-state index >= 15 is 0 Å². The summed E-state index contributed by atoms with van der Waals surface area (Å²) in [6.07, 6.45) is 1.28. The maximum atomic E-state index is 13.3. The fourth-order valence-electron chi connectivity index (χ4n) is 4.15. The van der Waals surface area contributed by atoms with Crippen LogP contribution in [0.15, 0.2) is 83.8 Å². The van der Waals surface area contributed by atoms with Crippen LogP contribution in [0.3, 0.4) is 0 Å². The molecule has 0 spiro atoms. The Kier molecular flexibility index (Phi) is 7.17. The van der Waals surface area contributed by atoms with Gasteiger partial charge in [0, 0.05) is 18.1 Å². The first-order chi connectivity index (χ1) is 15.8. The first-order valence-electron chi connectivity index (χ1n) is 11.0. The number of carbonyl (C=O) groups is 1. The zero-order valence-electron chi connectivity index (χ0n) is 18.4. The van der Waals surface area contributed by atoms with Crippen LogP contribution in [0.2, 0.25) is 5.02 Å². The number of aryl methyl sites for hydroxylation is 1. The molecule has 5 nitrogen and oxygen atoms in total. The predicted octanol–water partition coefficient (Wildman–Crippen LogP) is 4.95. The number of hydrogen-bond donors (Lipinski definition) is 1. The van der Waals surface area contributed by atoms with Crippen LogP contribution in [-0.2, 0) is 14.8 Å². The van der Waals surface area contributed by atoms with Gasteiger partial charge in [-0.05, 0) is 55.2 Å². The fourth-order valence-corrected chi connectivity index (χ4v) is 5.80. The van der Waals surface area contributed by atoms with Gasteiger partial charge in [-0.1, -0.05) is 71.8 Å². The summed E-state index contributed by atoms with van der Waals surface area (Å²) in [4.78, 5) is 13.5. The summed E-state index contributed by atoms with van der Waals surface area (Å²) in [7, 11) is -3.69. The lowest BCUT2D eigenvalue weighted by Crippen LogP contribution is -2.46. The smallest absolute Gasteiger partial charge is 0.243 e. The largest absolute Gasteiger partial charge is 0.345 e. The first kappa shape index (κ1) is 23.5. The van der Waals surface area contributed by atoms with Gasteiger partial charge in [0.15, 0.2) is 0 Å². The SMILES string of the molecule is Cc1ccc(C(NC(=O)C2CCCN(S(=O)(=O)c3ccc(Cl)cc3)C2)c2ccccc2)cc1. The van der Waals surface area contributed by atoms with Crippen LogP contribution in [0.4, 0.5) is 0 Å². The molecule has 0 aliphatic carbocycles. The van der Waals surface area contributed by atoms with Crippen molar-refractivity contribution in [2.24, 2.45) is 5.92 Å². The maximum absolute atomic E-state index is 13.3. The van der Waals surface area contributed by atoms with E-state index in [2.05, 4.69) is 5.32 Å². The van der Waals surface area contributed by atoms with Crippen molar-refractivity contribution in [1.29, 1.82) is 0 Å². The number of nitrogens with one attached hydrogen (secondary N) is 1. The van der Waals surface area contributed by atoms with E-state index in [1.165, 1.54) is 16.4 Å². The summed E-state index contributed by atoms with van der Waals surface area (Å²) in [6, 6.07) is 23.7. The molecule has 1 aliphatic heterocycles. The number of sulfonamides is 1. The van der Waals surface area contributed by atoms with Crippen LogP contribution in [0.5, 0.6) is 0 Å². The summed E-state index contributed by atoms with van der Waals surface area (Å²) in [5.41, 5.74) is 3.12. The number of benzene rings is 3. The van der Waals surface area contributed by atoms with E-state index in [0.717, 1.165) is 16.7 Å². The van der Waals surface area contributed by atoms with Crippen molar-refractivity contribution in [3.8, 4) is 0 Å². The minimum absolute atomic E-state index is 0.138. The number of hydrogen-bond acceptors (Lipinski definition) is 3. The molecule has 172 valence electrons. The third kappa shape index (κ3) is 5.46. The van der Waals surface area contributed by atoms with Gasteiger partial charge >= 0.3 is 0 Å². The van der Waals surface area contributed by atoms with Crippen LogP contribution in [0.1, 0.15) is 35.6 Å². The maximum Gasteiger partial charge on any atom is 0.243 e. The molecule has 1 fully saturated rings. The topological polar surface area (TPSA) is 66.5 Å². The highest BCUT2D eigenvalue weighted by molar-refractivity contribution is 7.89. The summed E-state index contributed by atoms with van der Waals surface area (Å²) < 4.78 is 27.6. The molecular formula is C26H27ClN2O3S. The van der Waals surface area contributed by atoms with Crippen LogP contribution >= 0.6 is 11.6 Å². The van der Waals surface area contributed by atoms with Crippen molar-refractivity contribution in [3.05, 3.63) is 101 Å². The number of nitrogens with zero attached hydrogens (tertiary/aromatic N) is 1. The number of piperidine rings is 1. The molecule has 2 atom stereocenters. The molecule has 4 rings (SSSR count). The molecule has 3 aromatic carbocycles. The van der Waals surface area contributed by atoms with Gasteiger partial charge in [0.2, 0.25) is 15.9 Å². The van der Waals surface area contributed by atoms with E-state index < -0.39 is 15.9 Å². The minimum Gasteiger partial charge on any atom is -0.345 e. The second kappa shape index (κ2) is 10.1. The van der Waals surface area contributed by atoms with Gasteiger partial charge in [0.05, 0.1) is 16.9 Å². The highest BCUT2D eigenvalue weighted by Gasteiger charge is 2.34. The van der Waals surface area contributed by atoms with Gasteiger partial charge in [0.1, 0.15) is 0 Å². The normalized spacial score (nSPS) is 17.9. The van der Waals surface area contributed by atoms with Gasteiger partial charge in [-0.15, -0.1) is 0 Å². The van der Waals surface area contributed by atoms with E-state index in [9.17, 15) is 13.2 Å². The third-order valence-corrected chi connectivity index (χ3v) is 8.17. The molecule has 0 radical (unpaired) electrons. The minimum atomic E-state index is -3.69. The molecular weight excluding hydrogens is 456 g/mol. The fraction of sp³-hybridized carbons (Fsp3) is 0.269. The molecule has 7 heteroatoms. The Bertz CT molecular complexity index is 1200. The second-order valence-electron chi connectivity index (χ2n) is 8.42. The van der Waals surface area contributed by atoms with Gasteiger partial charge in [-0.2, -0.15) is 4.31 Å². The van der Waals surface area contributed by atoms with E-state index in [-0.39, 0.29) is 23.4 Å². The van der Waals surface area contributed by atoms with E-state index in [1.807, 2.05) is 61.5 Å². The van der Waals surface area contributed by atoms with Crippen LogP contribution in [-0.4, -0.2) is 31.7 Å². The lowest BCUT2D eigenvalue weighted by Gasteiger charge is -2.32. The van der Waals surface area contributed by atoms with Crippen molar-refractivity contribution >= 4 is 27.5 Å². The Morgan fingerprint density at radius 3 is 2.27 bits per heavy atom. The molecule has 1 aliphatic rings. The molecule has 0 bridgehead atoms. The standard InChI is InChI=1S/C26H27ClN2O3S/c1-19-9-11-21(12-10-19)25(20-6-3-2-4-7-20)28-26(30)22-8-5-17-29(18-22)33(31,32)24-15-13-23(27)14-16-24/h2-4,6-7,9-16,22,25H,5,8,17-18H2,1H3,(H,28,30). The Hall–Kier alpha value is -2.67. The Balaban J connectivity index is 1.53. The van der Waals surface area contributed by atoms with E-state index in [4.69, 9.17) is 11.6 Å². The quantitative estimate of drug-likeness (QED) is 0.540. The van der Waals surface area contributed by atoms with Gasteiger partial charge in [0.25, 0.3) is 0 Å². The zero-order valence-corrected chi connectivity index (χ0v) is 20.0. The third-order valence-electron chi connectivity index (χ3n) is 6.04. The summed E-state index contributed by atoms with van der Waals surface area (Å²) in [6.45, 7) is 2.58. The lowest BCUT2D eigenvalue weighted by molar-refractivity contribution is -0.126. The summed E-state index contributed by atoms with van der Waals surface area (Å²) >= 11 is 5.91. The highest BCUT2D eigenvalue weighted by atomic mass is 35.5. The number of amides is 1.